The van der Waals surface area contributed by atoms with Gasteiger partial charge in [-0.1, -0.05) is 0 Å². The molecule has 19 heavy (non-hydrogen) atoms. The fraction of sp³-hybridized carbons (Fsp3) is 0.364. The van der Waals surface area contributed by atoms with E-state index in [0.717, 1.165) is 22.9 Å². The van der Waals surface area contributed by atoms with E-state index in [2.05, 4.69) is 25.7 Å². The first-order valence-corrected chi connectivity index (χ1v) is 7.39. The molecule has 0 spiro atoms. The quantitative estimate of drug-likeness (QED) is 0.491. The number of nitrogens with one attached hydrogen (secondary N) is 1. The SMILES string of the molecule is Cc1nc(CN(C)Cc2csc(C(=O)NN)n2)cs1. The predicted octanol–water partition coefficient (Wildman–Crippen LogP) is 1.14. The second-order valence-electron chi connectivity index (χ2n) is 4.15. The third-order valence-corrected chi connectivity index (χ3v) is 4.12. The molecule has 0 unspecified atom stereocenters. The molecule has 1 amide bonds. The molecule has 8 heteroatoms. The van der Waals surface area contributed by atoms with Crippen LogP contribution in [0, 0.1) is 6.92 Å². The van der Waals surface area contributed by atoms with Gasteiger partial charge in [-0.3, -0.25) is 15.1 Å². The summed E-state index contributed by atoms with van der Waals surface area (Å²) >= 11 is 2.94. The van der Waals surface area contributed by atoms with E-state index in [0.29, 0.717) is 11.6 Å². The summed E-state index contributed by atoms with van der Waals surface area (Å²) in [5, 5.41) is 5.38. The monoisotopic (exact) mass is 297 g/mol. The Balaban J connectivity index is 1.93. The molecule has 0 aliphatic carbocycles. The maximum Gasteiger partial charge on any atom is 0.294 e. The van der Waals surface area contributed by atoms with E-state index in [4.69, 9.17) is 5.84 Å². The maximum absolute atomic E-state index is 11.3. The minimum Gasteiger partial charge on any atom is -0.295 e. The van der Waals surface area contributed by atoms with E-state index >= 15 is 0 Å². The van der Waals surface area contributed by atoms with Gasteiger partial charge < -0.3 is 0 Å². The van der Waals surface area contributed by atoms with Crippen molar-refractivity contribution in [2.75, 3.05) is 7.05 Å². The van der Waals surface area contributed by atoms with Crippen LogP contribution in [0.5, 0.6) is 0 Å². The van der Waals surface area contributed by atoms with Crippen LogP contribution in [0.3, 0.4) is 0 Å². The summed E-state index contributed by atoms with van der Waals surface area (Å²) in [5.74, 6) is 4.72. The molecule has 102 valence electrons. The highest BCUT2D eigenvalue weighted by Crippen LogP contribution is 2.14. The molecule has 0 bridgehead atoms. The molecule has 0 saturated carbocycles. The van der Waals surface area contributed by atoms with Crippen molar-refractivity contribution in [2.45, 2.75) is 20.0 Å². The zero-order chi connectivity index (χ0) is 13.8. The van der Waals surface area contributed by atoms with Gasteiger partial charge in [0.25, 0.3) is 5.91 Å². The van der Waals surface area contributed by atoms with Gasteiger partial charge >= 0.3 is 0 Å². The number of carbonyl (C=O) groups excluding carboxylic acids is 1. The van der Waals surface area contributed by atoms with E-state index in [-0.39, 0.29) is 5.91 Å². The molecule has 2 aromatic rings. The molecule has 2 heterocycles. The fourth-order valence-electron chi connectivity index (χ4n) is 1.64. The Morgan fingerprint density at radius 1 is 1.32 bits per heavy atom. The van der Waals surface area contributed by atoms with Crippen molar-refractivity contribution >= 4 is 28.6 Å². The van der Waals surface area contributed by atoms with Crippen molar-refractivity contribution in [3.05, 3.63) is 32.2 Å². The summed E-state index contributed by atoms with van der Waals surface area (Å²) < 4.78 is 0. The molecule has 6 nitrogen and oxygen atoms in total. The van der Waals surface area contributed by atoms with E-state index in [1.54, 1.807) is 11.3 Å². The number of rotatable bonds is 5. The van der Waals surface area contributed by atoms with E-state index in [1.165, 1.54) is 11.3 Å². The molecule has 0 aliphatic rings. The standard InChI is InChI=1S/C11H15N5OS2/c1-7-13-8(5-18-7)3-16(2)4-9-6-19-11(14-9)10(17)15-12/h5-6H,3-4,12H2,1-2H3,(H,15,17). The Morgan fingerprint density at radius 2 is 1.95 bits per heavy atom. The van der Waals surface area contributed by atoms with Gasteiger partial charge in [0.15, 0.2) is 5.01 Å². The average Bonchev–Trinajstić information content (AvgIpc) is 2.98. The van der Waals surface area contributed by atoms with E-state index in [1.807, 2.05) is 19.4 Å². The third kappa shape index (κ3) is 3.80. The van der Waals surface area contributed by atoms with Gasteiger partial charge in [-0.25, -0.2) is 15.8 Å². The van der Waals surface area contributed by atoms with E-state index in [9.17, 15) is 4.79 Å². The minimum atomic E-state index is -0.353. The Hall–Kier alpha value is -1.35. The number of aromatic nitrogens is 2. The van der Waals surface area contributed by atoms with Crippen LogP contribution in [0.1, 0.15) is 26.2 Å². The summed E-state index contributed by atoms with van der Waals surface area (Å²) in [5.41, 5.74) is 3.99. The lowest BCUT2D eigenvalue weighted by Crippen LogP contribution is -2.29. The van der Waals surface area contributed by atoms with Crippen molar-refractivity contribution in [1.29, 1.82) is 0 Å². The van der Waals surface area contributed by atoms with Crippen molar-refractivity contribution in [3.63, 3.8) is 0 Å². The predicted molar refractivity (Wildman–Crippen MR) is 75.8 cm³/mol. The topological polar surface area (TPSA) is 84.1 Å². The number of nitrogens with two attached hydrogens (primary N) is 1. The first kappa shape index (κ1) is 14.1. The first-order chi connectivity index (χ1) is 9.08. The number of hydrogen-bond donors (Lipinski definition) is 2. The zero-order valence-corrected chi connectivity index (χ0v) is 12.3. The van der Waals surface area contributed by atoms with Crippen LogP contribution in [0.2, 0.25) is 0 Å². The van der Waals surface area contributed by atoms with Gasteiger partial charge in [0.2, 0.25) is 0 Å². The largest absolute Gasteiger partial charge is 0.295 e. The first-order valence-electron chi connectivity index (χ1n) is 5.63. The van der Waals surface area contributed by atoms with Crippen LogP contribution in [-0.4, -0.2) is 27.8 Å². The van der Waals surface area contributed by atoms with Crippen LogP contribution in [0.15, 0.2) is 10.8 Å². The molecule has 0 radical (unpaired) electrons. The van der Waals surface area contributed by atoms with E-state index < -0.39 is 0 Å². The number of hydrazine groups is 1. The second kappa shape index (κ2) is 6.20. The summed E-state index contributed by atoms with van der Waals surface area (Å²) in [6.07, 6.45) is 0. The van der Waals surface area contributed by atoms with Crippen LogP contribution in [0.25, 0.3) is 0 Å². The lowest BCUT2D eigenvalue weighted by Gasteiger charge is -2.13. The van der Waals surface area contributed by atoms with Gasteiger partial charge in [0.05, 0.1) is 16.4 Å². The Morgan fingerprint density at radius 3 is 2.53 bits per heavy atom. The molecule has 0 aliphatic heterocycles. The van der Waals surface area contributed by atoms with Crippen molar-refractivity contribution < 1.29 is 4.79 Å². The number of carbonyl (C=O) groups is 1. The number of aryl methyl sites for hydroxylation is 1. The second-order valence-corrected chi connectivity index (χ2v) is 6.07. The smallest absolute Gasteiger partial charge is 0.294 e. The molecule has 2 aromatic heterocycles. The number of nitrogen functional groups attached to an aromatic ring is 1. The molecule has 0 saturated heterocycles. The van der Waals surface area contributed by atoms with Gasteiger partial charge in [-0.2, -0.15) is 0 Å². The Labute approximate surface area is 119 Å². The molecule has 2 rings (SSSR count). The van der Waals surface area contributed by atoms with Crippen LogP contribution in [-0.2, 0) is 13.1 Å². The number of thiazole rings is 2. The Bertz CT molecular complexity index is 565. The lowest BCUT2D eigenvalue weighted by molar-refractivity contribution is 0.0953. The molecule has 0 aromatic carbocycles. The van der Waals surface area contributed by atoms with Crippen molar-refractivity contribution in [2.24, 2.45) is 5.84 Å². The highest BCUT2D eigenvalue weighted by molar-refractivity contribution is 7.11. The van der Waals surface area contributed by atoms with Crippen molar-refractivity contribution in [3.8, 4) is 0 Å². The Kier molecular flexibility index (Phi) is 4.59. The van der Waals surface area contributed by atoms with Gasteiger partial charge in [0.1, 0.15) is 0 Å². The molecular weight excluding hydrogens is 282 g/mol. The number of nitrogens with zero attached hydrogens (tertiary/aromatic N) is 3. The molecular formula is C11H15N5OS2. The highest BCUT2D eigenvalue weighted by Gasteiger charge is 2.11. The number of hydrogen-bond acceptors (Lipinski definition) is 7. The highest BCUT2D eigenvalue weighted by atomic mass is 32.1. The zero-order valence-electron chi connectivity index (χ0n) is 10.7. The fourth-order valence-corrected chi connectivity index (χ4v) is 2.95. The number of amides is 1. The van der Waals surface area contributed by atoms with Crippen LogP contribution >= 0.6 is 22.7 Å². The lowest BCUT2D eigenvalue weighted by atomic mass is 10.4. The molecule has 3 N–H and O–H groups in total. The van der Waals surface area contributed by atoms with Crippen molar-refractivity contribution in [1.82, 2.24) is 20.3 Å². The van der Waals surface area contributed by atoms with Gasteiger partial charge in [-0.15, -0.1) is 22.7 Å². The summed E-state index contributed by atoms with van der Waals surface area (Å²) in [6, 6.07) is 0. The van der Waals surface area contributed by atoms with Gasteiger partial charge in [0, 0.05) is 23.8 Å². The van der Waals surface area contributed by atoms with Gasteiger partial charge in [-0.05, 0) is 14.0 Å². The summed E-state index contributed by atoms with van der Waals surface area (Å²) in [7, 11) is 2.00. The average molecular weight is 297 g/mol. The summed E-state index contributed by atoms with van der Waals surface area (Å²) in [6.45, 7) is 3.43. The normalized spacial score (nSPS) is 10.9. The third-order valence-electron chi connectivity index (χ3n) is 2.41. The summed E-state index contributed by atoms with van der Waals surface area (Å²) in [4.78, 5) is 22.1. The van der Waals surface area contributed by atoms with Crippen LogP contribution < -0.4 is 11.3 Å². The van der Waals surface area contributed by atoms with Crippen LogP contribution in [0.4, 0.5) is 0 Å². The minimum absolute atomic E-state index is 0.353. The maximum atomic E-state index is 11.3. The molecule has 0 atom stereocenters. The molecule has 0 fully saturated rings.